The van der Waals surface area contributed by atoms with Crippen LogP contribution in [0.2, 0.25) is 0 Å². The van der Waals surface area contributed by atoms with Crippen molar-refractivity contribution < 1.29 is 9.53 Å². The van der Waals surface area contributed by atoms with E-state index in [0.29, 0.717) is 5.16 Å². The predicted octanol–water partition coefficient (Wildman–Crippen LogP) is 4.09. The SMILES string of the molecule is CCc1cccc(C)c1NC(=O)CSc1nnc(-c2ccc(OC)cc2)n1C. The van der Waals surface area contributed by atoms with Gasteiger partial charge >= 0.3 is 0 Å². The quantitative estimate of drug-likeness (QED) is 0.609. The molecule has 0 unspecified atom stereocenters. The van der Waals surface area contributed by atoms with E-state index in [1.165, 1.54) is 11.8 Å². The van der Waals surface area contributed by atoms with Gasteiger partial charge in [-0.2, -0.15) is 0 Å². The first-order chi connectivity index (χ1) is 13.5. The number of aromatic nitrogens is 3. The van der Waals surface area contributed by atoms with Crippen molar-refractivity contribution in [3.05, 3.63) is 53.6 Å². The summed E-state index contributed by atoms with van der Waals surface area (Å²) in [5.74, 6) is 1.76. The first kappa shape index (κ1) is 19.9. The molecule has 0 atom stereocenters. The van der Waals surface area contributed by atoms with Crippen molar-refractivity contribution in [3.8, 4) is 17.1 Å². The molecule has 3 aromatic rings. The summed E-state index contributed by atoms with van der Waals surface area (Å²) in [6.45, 7) is 4.09. The van der Waals surface area contributed by atoms with Crippen LogP contribution in [0.5, 0.6) is 5.75 Å². The molecule has 28 heavy (non-hydrogen) atoms. The summed E-state index contributed by atoms with van der Waals surface area (Å²) >= 11 is 1.37. The second kappa shape index (κ2) is 8.93. The fourth-order valence-corrected chi connectivity index (χ4v) is 3.65. The van der Waals surface area contributed by atoms with Crippen LogP contribution in [0, 0.1) is 6.92 Å². The van der Waals surface area contributed by atoms with Crippen LogP contribution in [0.25, 0.3) is 11.4 Å². The Kier molecular flexibility index (Phi) is 6.36. The number of aryl methyl sites for hydroxylation is 2. The average Bonchev–Trinajstić information content (AvgIpc) is 3.08. The van der Waals surface area contributed by atoms with Crippen molar-refractivity contribution in [2.24, 2.45) is 7.05 Å². The zero-order chi connectivity index (χ0) is 20.1. The number of anilines is 1. The lowest BCUT2D eigenvalue weighted by Crippen LogP contribution is -2.16. The van der Waals surface area contributed by atoms with Gasteiger partial charge in [0.15, 0.2) is 11.0 Å². The van der Waals surface area contributed by atoms with Crippen molar-refractivity contribution >= 4 is 23.4 Å². The minimum atomic E-state index is -0.0528. The largest absolute Gasteiger partial charge is 0.497 e. The van der Waals surface area contributed by atoms with Crippen LogP contribution >= 0.6 is 11.8 Å². The Morgan fingerprint density at radius 1 is 1.18 bits per heavy atom. The fraction of sp³-hybridized carbons (Fsp3) is 0.286. The molecule has 0 aliphatic heterocycles. The number of hydrogen-bond donors (Lipinski definition) is 1. The molecular formula is C21H24N4O2S. The first-order valence-corrected chi connectivity index (χ1v) is 10.1. The molecule has 0 aliphatic rings. The maximum Gasteiger partial charge on any atom is 0.234 e. The minimum absolute atomic E-state index is 0.0528. The van der Waals surface area contributed by atoms with E-state index in [2.05, 4.69) is 22.4 Å². The van der Waals surface area contributed by atoms with E-state index in [1.807, 2.05) is 61.0 Å². The van der Waals surface area contributed by atoms with Crippen LogP contribution in [-0.4, -0.2) is 33.5 Å². The van der Waals surface area contributed by atoms with Gasteiger partial charge in [0.2, 0.25) is 5.91 Å². The van der Waals surface area contributed by atoms with Gasteiger partial charge in [-0.1, -0.05) is 36.9 Å². The fourth-order valence-electron chi connectivity index (χ4n) is 2.94. The third-order valence-corrected chi connectivity index (χ3v) is 5.54. The molecule has 0 saturated heterocycles. The Morgan fingerprint density at radius 3 is 2.61 bits per heavy atom. The van der Waals surface area contributed by atoms with Crippen molar-refractivity contribution in [2.75, 3.05) is 18.2 Å². The van der Waals surface area contributed by atoms with E-state index in [4.69, 9.17) is 4.74 Å². The van der Waals surface area contributed by atoms with Gasteiger partial charge in [-0.3, -0.25) is 4.79 Å². The zero-order valence-electron chi connectivity index (χ0n) is 16.5. The van der Waals surface area contributed by atoms with Gasteiger partial charge < -0.3 is 14.6 Å². The molecule has 1 N–H and O–H groups in total. The summed E-state index contributed by atoms with van der Waals surface area (Å²) in [7, 11) is 3.54. The van der Waals surface area contributed by atoms with E-state index in [-0.39, 0.29) is 11.7 Å². The Labute approximate surface area is 169 Å². The highest BCUT2D eigenvalue weighted by atomic mass is 32.2. The third-order valence-electron chi connectivity index (χ3n) is 4.52. The summed E-state index contributed by atoms with van der Waals surface area (Å²) < 4.78 is 7.08. The minimum Gasteiger partial charge on any atom is -0.497 e. The van der Waals surface area contributed by atoms with Crippen molar-refractivity contribution in [2.45, 2.75) is 25.4 Å². The smallest absolute Gasteiger partial charge is 0.234 e. The highest BCUT2D eigenvalue weighted by Crippen LogP contribution is 2.25. The number of hydrogen-bond acceptors (Lipinski definition) is 5. The number of para-hydroxylation sites is 1. The molecule has 0 radical (unpaired) electrons. The molecule has 0 saturated carbocycles. The van der Waals surface area contributed by atoms with Gasteiger partial charge in [0.05, 0.1) is 12.9 Å². The maximum absolute atomic E-state index is 12.5. The van der Waals surface area contributed by atoms with Crippen LogP contribution in [0.1, 0.15) is 18.1 Å². The molecule has 1 amide bonds. The number of carbonyl (C=O) groups is 1. The normalized spacial score (nSPS) is 10.7. The number of methoxy groups -OCH3 is 1. The number of ether oxygens (including phenoxy) is 1. The summed E-state index contributed by atoms with van der Waals surface area (Å²) in [6, 6.07) is 13.7. The first-order valence-electron chi connectivity index (χ1n) is 9.08. The van der Waals surface area contributed by atoms with Crippen LogP contribution in [-0.2, 0) is 18.3 Å². The topological polar surface area (TPSA) is 69.0 Å². The molecule has 0 spiro atoms. The Hall–Kier alpha value is -2.80. The summed E-state index contributed by atoms with van der Waals surface area (Å²) in [6.07, 6.45) is 0.874. The Balaban J connectivity index is 1.67. The van der Waals surface area contributed by atoms with Crippen LogP contribution in [0.4, 0.5) is 5.69 Å². The molecule has 146 valence electrons. The summed E-state index contributed by atoms with van der Waals surface area (Å²) in [5, 5.41) is 12.2. The lowest BCUT2D eigenvalue weighted by Gasteiger charge is -2.12. The molecule has 7 heteroatoms. The van der Waals surface area contributed by atoms with E-state index in [9.17, 15) is 4.79 Å². The number of rotatable bonds is 7. The molecule has 1 heterocycles. The molecule has 2 aromatic carbocycles. The molecular weight excluding hydrogens is 372 g/mol. The zero-order valence-corrected chi connectivity index (χ0v) is 17.3. The second-order valence-electron chi connectivity index (χ2n) is 6.39. The highest BCUT2D eigenvalue weighted by Gasteiger charge is 2.14. The summed E-state index contributed by atoms with van der Waals surface area (Å²) in [4.78, 5) is 12.5. The predicted molar refractivity (Wildman–Crippen MR) is 113 cm³/mol. The van der Waals surface area contributed by atoms with Gasteiger partial charge in [0.1, 0.15) is 5.75 Å². The number of benzene rings is 2. The third kappa shape index (κ3) is 4.36. The molecule has 0 bridgehead atoms. The molecule has 0 fully saturated rings. The van der Waals surface area contributed by atoms with Gasteiger partial charge in [0.25, 0.3) is 0 Å². The Morgan fingerprint density at radius 2 is 1.93 bits per heavy atom. The van der Waals surface area contributed by atoms with Crippen LogP contribution in [0.3, 0.4) is 0 Å². The standard InChI is InChI=1S/C21H24N4O2S/c1-5-15-8-6-7-14(2)19(15)22-18(26)13-28-21-24-23-20(25(21)3)16-9-11-17(27-4)12-10-16/h6-12H,5,13H2,1-4H3,(H,22,26). The Bertz CT molecular complexity index is 967. The number of nitrogens with one attached hydrogen (secondary N) is 1. The van der Waals surface area contributed by atoms with E-state index in [1.54, 1.807) is 7.11 Å². The van der Waals surface area contributed by atoms with Crippen molar-refractivity contribution in [1.29, 1.82) is 0 Å². The van der Waals surface area contributed by atoms with Crippen LogP contribution < -0.4 is 10.1 Å². The van der Waals surface area contributed by atoms with Gasteiger partial charge in [-0.25, -0.2) is 0 Å². The second-order valence-corrected chi connectivity index (χ2v) is 7.34. The van der Waals surface area contributed by atoms with Gasteiger partial charge in [0, 0.05) is 18.3 Å². The lowest BCUT2D eigenvalue weighted by molar-refractivity contribution is -0.113. The molecule has 3 rings (SSSR count). The number of amides is 1. The number of nitrogens with zero attached hydrogens (tertiary/aromatic N) is 3. The molecule has 1 aromatic heterocycles. The average molecular weight is 397 g/mol. The van der Waals surface area contributed by atoms with E-state index >= 15 is 0 Å². The van der Waals surface area contributed by atoms with Crippen molar-refractivity contribution in [1.82, 2.24) is 14.8 Å². The molecule has 6 nitrogen and oxygen atoms in total. The maximum atomic E-state index is 12.5. The lowest BCUT2D eigenvalue weighted by atomic mass is 10.1. The van der Waals surface area contributed by atoms with E-state index < -0.39 is 0 Å². The molecule has 0 aliphatic carbocycles. The number of carbonyl (C=O) groups excluding carboxylic acids is 1. The van der Waals surface area contributed by atoms with E-state index in [0.717, 1.165) is 40.4 Å². The van der Waals surface area contributed by atoms with Gasteiger partial charge in [-0.15, -0.1) is 10.2 Å². The van der Waals surface area contributed by atoms with Gasteiger partial charge in [-0.05, 0) is 48.7 Å². The number of thioether (sulfide) groups is 1. The monoisotopic (exact) mass is 396 g/mol. The highest BCUT2D eigenvalue weighted by molar-refractivity contribution is 7.99. The van der Waals surface area contributed by atoms with Crippen molar-refractivity contribution in [3.63, 3.8) is 0 Å². The summed E-state index contributed by atoms with van der Waals surface area (Å²) in [5.41, 5.74) is 4.06. The van der Waals surface area contributed by atoms with Crippen LogP contribution in [0.15, 0.2) is 47.6 Å².